The van der Waals surface area contributed by atoms with Gasteiger partial charge in [0.15, 0.2) is 6.10 Å². The van der Waals surface area contributed by atoms with E-state index in [1.54, 1.807) is 25.1 Å². The maximum absolute atomic E-state index is 12.0. The Morgan fingerprint density at radius 1 is 1.48 bits per heavy atom. The van der Waals surface area contributed by atoms with Crippen molar-refractivity contribution in [2.75, 3.05) is 13.2 Å². The monoisotopic (exact) mass is 313 g/mol. The van der Waals surface area contributed by atoms with Crippen LogP contribution in [-0.4, -0.2) is 30.3 Å². The van der Waals surface area contributed by atoms with Crippen molar-refractivity contribution < 1.29 is 14.6 Å². The highest BCUT2D eigenvalue weighted by atomic mass is 35.5. The number of nitrogens with one attached hydrogen (secondary N) is 1. The average molecular weight is 314 g/mol. The Morgan fingerprint density at radius 3 is 2.76 bits per heavy atom. The number of ether oxygens (including phenoxy) is 1. The summed E-state index contributed by atoms with van der Waals surface area (Å²) in [6.45, 7) is 6.35. The first-order valence-corrected chi connectivity index (χ1v) is 7.67. The van der Waals surface area contributed by atoms with E-state index in [1.165, 1.54) is 0 Å². The molecule has 2 atom stereocenters. The highest BCUT2D eigenvalue weighted by Crippen LogP contribution is 2.22. The standard InChI is InChI=1S/C16H24ClNO3/c1-4-13(7-8-19)10-18-16(20)12(3)21-15-6-5-14(17)9-11(15)2/h5-6,9,12-13,19H,4,7-8,10H2,1-3H3,(H,18,20). The lowest BCUT2D eigenvalue weighted by atomic mass is 10.0. The molecule has 5 heteroatoms. The molecule has 0 aliphatic heterocycles. The van der Waals surface area contributed by atoms with E-state index in [2.05, 4.69) is 5.32 Å². The lowest BCUT2D eigenvalue weighted by Crippen LogP contribution is -2.39. The summed E-state index contributed by atoms with van der Waals surface area (Å²) in [4.78, 5) is 12.0. The Hall–Kier alpha value is -1.26. The second-order valence-electron chi connectivity index (χ2n) is 5.20. The third-order valence-electron chi connectivity index (χ3n) is 3.49. The van der Waals surface area contributed by atoms with Crippen LogP contribution in [-0.2, 0) is 4.79 Å². The molecule has 0 bridgehead atoms. The molecule has 0 aliphatic carbocycles. The zero-order chi connectivity index (χ0) is 15.8. The number of rotatable bonds is 8. The summed E-state index contributed by atoms with van der Waals surface area (Å²) in [5.74, 6) is 0.800. The molecule has 0 aliphatic rings. The second-order valence-corrected chi connectivity index (χ2v) is 5.64. The minimum atomic E-state index is -0.573. The molecule has 4 nitrogen and oxygen atoms in total. The lowest BCUT2D eigenvalue weighted by Gasteiger charge is -2.19. The van der Waals surface area contributed by atoms with Gasteiger partial charge in [0.1, 0.15) is 5.75 Å². The van der Waals surface area contributed by atoms with Crippen molar-refractivity contribution in [3.8, 4) is 5.75 Å². The van der Waals surface area contributed by atoms with Gasteiger partial charge in [0.2, 0.25) is 0 Å². The van der Waals surface area contributed by atoms with Gasteiger partial charge in [-0.3, -0.25) is 4.79 Å². The highest BCUT2D eigenvalue weighted by molar-refractivity contribution is 6.30. The minimum absolute atomic E-state index is 0.143. The van der Waals surface area contributed by atoms with Gasteiger partial charge >= 0.3 is 0 Å². The first kappa shape index (κ1) is 17.8. The molecule has 0 radical (unpaired) electrons. The predicted octanol–water partition coefficient (Wildman–Crippen LogP) is 2.94. The molecule has 0 aromatic heterocycles. The first-order chi connectivity index (χ1) is 9.97. The van der Waals surface area contributed by atoms with Crippen molar-refractivity contribution in [2.24, 2.45) is 5.92 Å². The molecule has 0 saturated carbocycles. The largest absolute Gasteiger partial charge is 0.481 e. The fourth-order valence-electron chi connectivity index (χ4n) is 2.01. The van der Waals surface area contributed by atoms with Gasteiger partial charge < -0.3 is 15.2 Å². The number of aryl methyl sites for hydroxylation is 1. The molecule has 2 N–H and O–H groups in total. The van der Waals surface area contributed by atoms with Crippen LogP contribution in [0.2, 0.25) is 5.02 Å². The maximum Gasteiger partial charge on any atom is 0.260 e. The summed E-state index contributed by atoms with van der Waals surface area (Å²) in [5.41, 5.74) is 0.897. The fraction of sp³-hybridized carbons (Fsp3) is 0.562. The van der Waals surface area contributed by atoms with Crippen LogP contribution in [0, 0.1) is 12.8 Å². The number of hydrogen-bond acceptors (Lipinski definition) is 3. The van der Waals surface area contributed by atoms with Gasteiger partial charge in [0.05, 0.1) is 0 Å². The van der Waals surface area contributed by atoms with Gasteiger partial charge in [0.25, 0.3) is 5.91 Å². The Labute approximate surface area is 131 Å². The summed E-state index contributed by atoms with van der Waals surface area (Å²) < 4.78 is 5.67. The molecule has 0 heterocycles. The molecule has 0 saturated heterocycles. The topological polar surface area (TPSA) is 58.6 Å². The molecule has 1 rings (SSSR count). The number of benzene rings is 1. The van der Waals surface area contributed by atoms with Crippen LogP contribution in [0.1, 0.15) is 32.3 Å². The molecule has 21 heavy (non-hydrogen) atoms. The number of aliphatic hydroxyl groups is 1. The number of halogens is 1. The number of hydrogen-bond donors (Lipinski definition) is 2. The molecule has 0 spiro atoms. The zero-order valence-corrected chi connectivity index (χ0v) is 13.6. The van der Waals surface area contributed by atoms with Gasteiger partial charge in [-0.1, -0.05) is 24.9 Å². The SMILES string of the molecule is CCC(CCO)CNC(=O)C(C)Oc1ccc(Cl)cc1C. The summed E-state index contributed by atoms with van der Waals surface area (Å²) in [7, 11) is 0. The Bertz CT molecular complexity index is 465. The van der Waals surface area contributed by atoms with E-state index in [9.17, 15) is 4.79 Å². The van der Waals surface area contributed by atoms with Gasteiger partial charge in [-0.15, -0.1) is 0 Å². The quantitative estimate of drug-likeness (QED) is 0.776. The lowest BCUT2D eigenvalue weighted by molar-refractivity contribution is -0.127. The van der Waals surface area contributed by atoms with E-state index in [4.69, 9.17) is 21.4 Å². The van der Waals surface area contributed by atoms with E-state index in [0.717, 1.165) is 12.0 Å². The van der Waals surface area contributed by atoms with Crippen molar-refractivity contribution >= 4 is 17.5 Å². The molecule has 1 aromatic carbocycles. The Morgan fingerprint density at radius 2 is 2.19 bits per heavy atom. The second kappa shape index (κ2) is 8.90. The van der Waals surface area contributed by atoms with Crippen LogP contribution >= 0.6 is 11.6 Å². The van der Waals surface area contributed by atoms with Gasteiger partial charge in [-0.05, 0) is 49.9 Å². The molecule has 0 fully saturated rings. The predicted molar refractivity (Wildman–Crippen MR) is 84.8 cm³/mol. The third kappa shape index (κ3) is 5.94. The average Bonchev–Trinajstić information content (AvgIpc) is 2.45. The normalized spacial score (nSPS) is 13.6. The summed E-state index contributed by atoms with van der Waals surface area (Å²) in [6, 6.07) is 5.31. The van der Waals surface area contributed by atoms with Gasteiger partial charge in [0, 0.05) is 18.2 Å². The third-order valence-corrected chi connectivity index (χ3v) is 3.72. The van der Waals surface area contributed by atoms with Gasteiger partial charge in [-0.2, -0.15) is 0 Å². The van der Waals surface area contributed by atoms with Crippen LogP contribution in [0.5, 0.6) is 5.75 Å². The Balaban J connectivity index is 2.50. The van der Waals surface area contributed by atoms with Crippen molar-refractivity contribution in [1.29, 1.82) is 0 Å². The van der Waals surface area contributed by atoms with E-state index < -0.39 is 6.10 Å². The van der Waals surface area contributed by atoms with Gasteiger partial charge in [-0.25, -0.2) is 0 Å². The fourth-order valence-corrected chi connectivity index (χ4v) is 2.24. The molecular formula is C16H24ClNO3. The summed E-state index contributed by atoms with van der Waals surface area (Å²) >= 11 is 5.89. The van der Waals surface area contributed by atoms with Crippen LogP contribution in [0.4, 0.5) is 0 Å². The maximum atomic E-state index is 12.0. The van der Waals surface area contributed by atoms with E-state index in [0.29, 0.717) is 29.7 Å². The summed E-state index contributed by atoms with van der Waals surface area (Å²) in [5, 5.41) is 12.5. The van der Waals surface area contributed by atoms with Crippen LogP contribution in [0.25, 0.3) is 0 Å². The number of amides is 1. The first-order valence-electron chi connectivity index (χ1n) is 7.29. The van der Waals surface area contributed by atoms with E-state index in [1.807, 2.05) is 13.8 Å². The number of carbonyl (C=O) groups excluding carboxylic acids is 1. The molecule has 1 amide bonds. The molecule has 2 unspecified atom stereocenters. The van der Waals surface area contributed by atoms with Crippen LogP contribution in [0.3, 0.4) is 0 Å². The summed E-state index contributed by atoms with van der Waals surface area (Å²) in [6.07, 6.45) is 1.05. The van der Waals surface area contributed by atoms with E-state index in [-0.39, 0.29) is 12.5 Å². The zero-order valence-electron chi connectivity index (χ0n) is 12.9. The van der Waals surface area contributed by atoms with Crippen molar-refractivity contribution in [1.82, 2.24) is 5.32 Å². The minimum Gasteiger partial charge on any atom is -0.481 e. The van der Waals surface area contributed by atoms with Crippen molar-refractivity contribution in [3.05, 3.63) is 28.8 Å². The highest BCUT2D eigenvalue weighted by Gasteiger charge is 2.17. The smallest absolute Gasteiger partial charge is 0.260 e. The van der Waals surface area contributed by atoms with Crippen LogP contribution in [0.15, 0.2) is 18.2 Å². The van der Waals surface area contributed by atoms with Crippen molar-refractivity contribution in [2.45, 2.75) is 39.7 Å². The van der Waals surface area contributed by atoms with Crippen molar-refractivity contribution in [3.63, 3.8) is 0 Å². The van der Waals surface area contributed by atoms with E-state index >= 15 is 0 Å². The molecular weight excluding hydrogens is 290 g/mol. The number of aliphatic hydroxyl groups excluding tert-OH is 1. The number of carbonyl (C=O) groups is 1. The molecule has 1 aromatic rings. The Kier molecular flexibility index (Phi) is 7.54. The molecule has 118 valence electrons. The van der Waals surface area contributed by atoms with Crippen LogP contribution < -0.4 is 10.1 Å².